The Morgan fingerprint density at radius 2 is 2.11 bits per heavy atom. The highest BCUT2D eigenvalue weighted by atomic mass is 35.5. The van der Waals surface area contributed by atoms with Crippen LogP contribution in [0.4, 0.5) is 0 Å². The highest BCUT2D eigenvalue weighted by Crippen LogP contribution is 2.41. The molecule has 1 aromatic carbocycles. The van der Waals surface area contributed by atoms with Crippen LogP contribution in [0.5, 0.6) is 0 Å². The van der Waals surface area contributed by atoms with E-state index in [1.165, 1.54) is 0 Å². The monoisotopic (exact) mass is 388 g/mol. The van der Waals surface area contributed by atoms with Gasteiger partial charge in [0, 0.05) is 47.9 Å². The van der Waals surface area contributed by atoms with E-state index in [-0.39, 0.29) is 17.9 Å². The first-order valence-corrected chi connectivity index (χ1v) is 9.88. The zero-order chi connectivity index (χ0) is 18.9. The first-order chi connectivity index (χ1) is 13.1. The van der Waals surface area contributed by atoms with Crippen molar-refractivity contribution < 1.29 is 14.6 Å². The van der Waals surface area contributed by atoms with Crippen LogP contribution in [0.25, 0.3) is 11.3 Å². The first kappa shape index (κ1) is 18.5. The second-order valence-corrected chi connectivity index (χ2v) is 8.17. The minimum atomic E-state index is -0.262. The van der Waals surface area contributed by atoms with Gasteiger partial charge < -0.3 is 19.7 Å². The van der Waals surface area contributed by atoms with Crippen LogP contribution in [-0.2, 0) is 16.0 Å². The molecule has 5 nitrogen and oxygen atoms in total. The van der Waals surface area contributed by atoms with Crippen LogP contribution in [0.15, 0.2) is 36.4 Å². The third-order valence-electron chi connectivity index (χ3n) is 5.99. The summed E-state index contributed by atoms with van der Waals surface area (Å²) in [6.07, 6.45) is 2.07. The summed E-state index contributed by atoms with van der Waals surface area (Å²) < 4.78 is 5.58. The molecule has 2 saturated heterocycles. The molecule has 2 fully saturated rings. The lowest BCUT2D eigenvalue weighted by Crippen LogP contribution is -2.43. The van der Waals surface area contributed by atoms with E-state index in [1.54, 1.807) is 0 Å². The summed E-state index contributed by atoms with van der Waals surface area (Å²) in [6, 6.07) is 11.8. The molecule has 0 unspecified atom stereocenters. The van der Waals surface area contributed by atoms with E-state index in [4.69, 9.17) is 16.3 Å². The summed E-state index contributed by atoms with van der Waals surface area (Å²) >= 11 is 5.94. The van der Waals surface area contributed by atoms with E-state index in [9.17, 15) is 9.90 Å². The number of nitrogens with zero attached hydrogens (tertiary/aromatic N) is 1. The van der Waals surface area contributed by atoms with E-state index < -0.39 is 0 Å². The Kier molecular flexibility index (Phi) is 5.26. The van der Waals surface area contributed by atoms with Gasteiger partial charge in [-0.2, -0.15) is 0 Å². The average molecular weight is 389 g/mol. The number of benzene rings is 1. The molecule has 0 bridgehead atoms. The number of H-pyrrole nitrogens is 1. The van der Waals surface area contributed by atoms with Crippen molar-refractivity contribution in [2.45, 2.75) is 19.3 Å². The number of carbonyl (C=O) groups excluding carboxylic acids is 1. The number of aliphatic hydroxyl groups is 1. The van der Waals surface area contributed by atoms with Gasteiger partial charge in [0.05, 0.1) is 13.2 Å². The highest BCUT2D eigenvalue weighted by Gasteiger charge is 2.49. The molecule has 2 N–H and O–H groups in total. The van der Waals surface area contributed by atoms with E-state index in [0.29, 0.717) is 36.9 Å². The van der Waals surface area contributed by atoms with Gasteiger partial charge in [0.15, 0.2) is 0 Å². The molecule has 2 aromatic rings. The minimum Gasteiger partial charge on any atom is -0.396 e. The van der Waals surface area contributed by atoms with Gasteiger partial charge in [-0.15, -0.1) is 0 Å². The topological polar surface area (TPSA) is 65.6 Å². The molecule has 27 heavy (non-hydrogen) atoms. The molecular formula is C21H25ClN2O3. The number of halogens is 1. The lowest BCUT2D eigenvalue weighted by atomic mass is 9.76. The lowest BCUT2D eigenvalue weighted by molar-refractivity contribution is -0.130. The summed E-state index contributed by atoms with van der Waals surface area (Å²) in [7, 11) is 0. The fourth-order valence-corrected chi connectivity index (χ4v) is 4.42. The number of aromatic nitrogens is 1. The maximum absolute atomic E-state index is 12.7. The van der Waals surface area contributed by atoms with Crippen molar-refractivity contribution in [1.29, 1.82) is 0 Å². The van der Waals surface area contributed by atoms with Crippen molar-refractivity contribution in [2.75, 3.05) is 32.9 Å². The predicted octanol–water partition coefficient (Wildman–Crippen LogP) is 3.13. The maximum Gasteiger partial charge on any atom is 0.222 e. The summed E-state index contributed by atoms with van der Waals surface area (Å²) in [5, 5.41) is 10.6. The Hall–Kier alpha value is -1.82. The molecule has 144 valence electrons. The molecule has 1 aromatic heterocycles. The average Bonchev–Trinajstić information content (AvgIpc) is 3.32. The summed E-state index contributed by atoms with van der Waals surface area (Å²) in [5.74, 6) is 0.502. The number of ether oxygens (including phenoxy) is 1. The zero-order valence-corrected chi connectivity index (χ0v) is 16.0. The number of hydrogen-bond donors (Lipinski definition) is 2. The molecule has 0 saturated carbocycles. The Labute approximate surface area is 164 Å². The second kappa shape index (κ2) is 7.66. The van der Waals surface area contributed by atoms with Crippen molar-refractivity contribution in [2.24, 2.45) is 11.3 Å². The van der Waals surface area contributed by atoms with Gasteiger partial charge >= 0.3 is 0 Å². The molecule has 0 aliphatic carbocycles. The van der Waals surface area contributed by atoms with Gasteiger partial charge in [0.1, 0.15) is 0 Å². The van der Waals surface area contributed by atoms with Gasteiger partial charge in [-0.25, -0.2) is 0 Å². The van der Waals surface area contributed by atoms with Crippen molar-refractivity contribution in [3.63, 3.8) is 0 Å². The number of rotatable bonds is 5. The molecular weight excluding hydrogens is 364 g/mol. The Morgan fingerprint density at radius 3 is 2.85 bits per heavy atom. The molecule has 0 spiro atoms. The third kappa shape index (κ3) is 3.77. The minimum absolute atomic E-state index is 0.0858. The summed E-state index contributed by atoms with van der Waals surface area (Å²) in [4.78, 5) is 18.0. The van der Waals surface area contributed by atoms with Crippen LogP contribution in [0.3, 0.4) is 0 Å². The standard InChI is InChI=1S/C21H25ClN2O3/c22-17-3-1-15(2-4-17)19-7-5-18(23-19)6-8-20(26)24-11-16-9-10-27-14-21(16,12-24)13-25/h1-5,7,16,23,25H,6,8-14H2/t16-,21+/m0/s1. The van der Waals surface area contributed by atoms with Crippen molar-refractivity contribution in [3.8, 4) is 11.3 Å². The molecule has 2 atom stereocenters. The van der Waals surface area contributed by atoms with Crippen LogP contribution in [0.2, 0.25) is 5.02 Å². The molecule has 3 heterocycles. The van der Waals surface area contributed by atoms with Gasteiger partial charge in [-0.1, -0.05) is 23.7 Å². The van der Waals surface area contributed by atoms with Crippen LogP contribution in [0.1, 0.15) is 18.5 Å². The number of carbonyl (C=O) groups is 1. The number of likely N-dealkylation sites (tertiary alicyclic amines) is 1. The van der Waals surface area contributed by atoms with Crippen LogP contribution in [-0.4, -0.2) is 53.8 Å². The smallest absolute Gasteiger partial charge is 0.222 e. The van der Waals surface area contributed by atoms with Crippen LogP contribution < -0.4 is 0 Å². The molecule has 1 amide bonds. The van der Waals surface area contributed by atoms with E-state index in [1.807, 2.05) is 41.3 Å². The number of hydrogen-bond acceptors (Lipinski definition) is 3. The normalized spacial score (nSPS) is 24.8. The molecule has 6 heteroatoms. The number of aryl methyl sites for hydroxylation is 1. The maximum atomic E-state index is 12.7. The molecule has 2 aliphatic heterocycles. The number of fused-ring (bicyclic) bond motifs is 1. The number of amides is 1. The van der Waals surface area contributed by atoms with Gasteiger partial charge in [0.25, 0.3) is 0 Å². The predicted molar refractivity (Wildman–Crippen MR) is 105 cm³/mol. The summed E-state index contributed by atoms with van der Waals surface area (Å²) in [5.41, 5.74) is 2.88. The van der Waals surface area contributed by atoms with E-state index in [0.717, 1.165) is 36.5 Å². The number of nitrogens with one attached hydrogen (secondary N) is 1. The first-order valence-electron chi connectivity index (χ1n) is 9.50. The fourth-order valence-electron chi connectivity index (χ4n) is 4.29. The van der Waals surface area contributed by atoms with Crippen molar-refractivity contribution in [3.05, 3.63) is 47.1 Å². The van der Waals surface area contributed by atoms with E-state index >= 15 is 0 Å². The number of aromatic amines is 1. The summed E-state index contributed by atoms with van der Waals surface area (Å²) in [6.45, 7) is 2.71. The number of aliphatic hydroxyl groups excluding tert-OH is 1. The quantitative estimate of drug-likeness (QED) is 0.827. The zero-order valence-electron chi connectivity index (χ0n) is 15.3. The SMILES string of the molecule is O=C(CCc1ccc(-c2ccc(Cl)cc2)[nH]1)N1C[C@@H]2CCOC[C@]2(CO)C1. The lowest BCUT2D eigenvalue weighted by Gasteiger charge is -2.36. The largest absolute Gasteiger partial charge is 0.396 e. The van der Waals surface area contributed by atoms with Gasteiger partial charge in [-0.05, 0) is 48.6 Å². The highest BCUT2D eigenvalue weighted by molar-refractivity contribution is 6.30. The molecule has 4 rings (SSSR count). The Morgan fingerprint density at radius 1 is 1.30 bits per heavy atom. The third-order valence-corrected chi connectivity index (χ3v) is 6.24. The van der Waals surface area contributed by atoms with Crippen LogP contribution >= 0.6 is 11.6 Å². The molecule has 0 radical (unpaired) electrons. The second-order valence-electron chi connectivity index (χ2n) is 7.74. The fraction of sp³-hybridized carbons (Fsp3) is 0.476. The van der Waals surface area contributed by atoms with Gasteiger partial charge in [0.2, 0.25) is 5.91 Å². The van der Waals surface area contributed by atoms with Crippen molar-refractivity contribution >= 4 is 17.5 Å². The van der Waals surface area contributed by atoms with Crippen LogP contribution in [0, 0.1) is 11.3 Å². The molecule has 2 aliphatic rings. The Balaban J connectivity index is 1.35. The van der Waals surface area contributed by atoms with Gasteiger partial charge in [-0.3, -0.25) is 4.79 Å². The van der Waals surface area contributed by atoms with Crippen molar-refractivity contribution in [1.82, 2.24) is 9.88 Å². The Bertz CT molecular complexity index is 804. The van der Waals surface area contributed by atoms with E-state index in [2.05, 4.69) is 4.98 Å².